The van der Waals surface area contributed by atoms with Crippen LogP contribution in [0.3, 0.4) is 0 Å². The molecule has 2 aromatic carbocycles. The minimum Gasteiger partial charge on any atom is -0.491 e. The van der Waals surface area contributed by atoms with Crippen LogP contribution >= 0.6 is 15.9 Å². The Balaban J connectivity index is 1.60. The lowest BCUT2D eigenvalue weighted by Crippen LogP contribution is -2.04. The molecule has 21 heavy (non-hydrogen) atoms. The molecule has 0 aliphatic heterocycles. The van der Waals surface area contributed by atoms with E-state index in [0.717, 1.165) is 23.2 Å². The zero-order valence-corrected chi connectivity index (χ0v) is 13.2. The zero-order valence-electron chi connectivity index (χ0n) is 11.6. The second kappa shape index (κ2) is 6.22. The summed E-state index contributed by atoms with van der Waals surface area (Å²) in [4.78, 5) is 0. The molecule has 4 heteroatoms. The Morgan fingerprint density at radius 1 is 1.05 bits per heavy atom. The predicted molar refractivity (Wildman–Crippen MR) is 90.6 cm³/mol. The molecule has 3 rings (SSSR count). The third kappa shape index (κ3) is 3.05. The van der Waals surface area contributed by atoms with Crippen LogP contribution in [0.15, 0.2) is 59.2 Å². The lowest BCUT2D eigenvalue weighted by Gasteiger charge is -2.09. The number of fused-ring (bicyclic) bond motifs is 1. The largest absolute Gasteiger partial charge is 0.491 e. The van der Waals surface area contributed by atoms with E-state index in [-0.39, 0.29) is 0 Å². The van der Waals surface area contributed by atoms with Crippen LogP contribution in [0.4, 0.5) is 5.69 Å². The molecule has 0 atom stereocenters. The lowest BCUT2D eigenvalue weighted by molar-refractivity contribution is 0.304. The third-order valence-electron chi connectivity index (χ3n) is 3.48. The first-order valence-electron chi connectivity index (χ1n) is 6.96. The second-order valence-corrected chi connectivity index (χ2v) is 5.78. The molecule has 0 aliphatic carbocycles. The topological polar surface area (TPSA) is 40.2 Å². The van der Waals surface area contributed by atoms with E-state index in [2.05, 4.69) is 51.0 Å². The Labute approximate surface area is 132 Å². The summed E-state index contributed by atoms with van der Waals surface area (Å²) in [6, 6.07) is 16.0. The van der Waals surface area contributed by atoms with Gasteiger partial charge in [0.2, 0.25) is 0 Å². The smallest absolute Gasteiger partial charge is 0.142 e. The summed E-state index contributed by atoms with van der Waals surface area (Å²) >= 11 is 3.58. The molecule has 1 aromatic heterocycles. The molecule has 3 aromatic rings. The van der Waals surface area contributed by atoms with Crippen molar-refractivity contribution in [2.75, 3.05) is 12.3 Å². The first kappa shape index (κ1) is 14.0. The monoisotopic (exact) mass is 344 g/mol. The van der Waals surface area contributed by atoms with Crippen LogP contribution in [0.25, 0.3) is 10.9 Å². The highest BCUT2D eigenvalue weighted by molar-refractivity contribution is 9.10. The number of nitrogen functional groups attached to an aromatic ring is 1. The van der Waals surface area contributed by atoms with Crippen molar-refractivity contribution in [3.8, 4) is 5.75 Å². The molecule has 0 saturated heterocycles. The average molecular weight is 345 g/mol. The van der Waals surface area contributed by atoms with Crippen LogP contribution in [0.2, 0.25) is 0 Å². The summed E-state index contributed by atoms with van der Waals surface area (Å²) in [5.41, 5.74) is 7.78. The fraction of sp³-hybridized carbons (Fsp3) is 0.176. The summed E-state index contributed by atoms with van der Waals surface area (Å²) in [6.07, 6.45) is 3.05. The van der Waals surface area contributed by atoms with Crippen LogP contribution in [-0.4, -0.2) is 11.2 Å². The van der Waals surface area contributed by atoms with Gasteiger partial charge in [-0.1, -0.05) is 34.1 Å². The molecule has 0 spiro atoms. The second-order valence-electron chi connectivity index (χ2n) is 4.92. The number of hydrogen-bond acceptors (Lipinski definition) is 2. The number of halogens is 1. The quantitative estimate of drug-likeness (QED) is 0.548. The Kier molecular flexibility index (Phi) is 4.15. The summed E-state index contributed by atoms with van der Waals surface area (Å²) in [5, 5.41) is 1.24. The highest BCUT2D eigenvalue weighted by Gasteiger charge is 2.04. The first-order valence-corrected chi connectivity index (χ1v) is 7.75. The van der Waals surface area contributed by atoms with Gasteiger partial charge in [-0.15, -0.1) is 0 Å². The number of aromatic nitrogens is 1. The van der Waals surface area contributed by atoms with Gasteiger partial charge in [-0.25, -0.2) is 0 Å². The first-order chi connectivity index (χ1) is 10.3. The number of benzene rings is 2. The summed E-state index contributed by atoms with van der Waals surface area (Å²) in [5.74, 6) is 0.762. The van der Waals surface area contributed by atoms with E-state index in [1.807, 2.05) is 24.3 Å². The van der Waals surface area contributed by atoms with Gasteiger partial charge in [-0.2, -0.15) is 0 Å². The van der Waals surface area contributed by atoms with Crippen molar-refractivity contribution in [2.45, 2.75) is 13.0 Å². The van der Waals surface area contributed by atoms with Crippen LogP contribution < -0.4 is 10.5 Å². The zero-order chi connectivity index (χ0) is 14.7. The molecule has 2 N–H and O–H groups in total. The van der Waals surface area contributed by atoms with E-state index >= 15 is 0 Å². The minimum atomic E-state index is 0.655. The van der Waals surface area contributed by atoms with Crippen molar-refractivity contribution >= 4 is 32.5 Å². The molecule has 3 nitrogen and oxygen atoms in total. The van der Waals surface area contributed by atoms with Crippen LogP contribution in [0.1, 0.15) is 6.42 Å². The van der Waals surface area contributed by atoms with E-state index in [4.69, 9.17) is 10.5 Å². The molecule has 0 bridgehead atoms. The van der Waals surface area contributed by atoms with Gasteiger partial charge in [0.1, 0.15) is 5.75 Å². The number of ether oxygens (including phenoxy) is 1. The van der Waals surface area contributed by atoms with Crippen molar-refractivity contribution in [3.63, 3.8) is 0 Å². The molecule has 0 unspecified atom stereocenters. The van der Waals surface area contributed by atoms with Crippen molar-refractivity contribution < 1.29 is 4.74 Å². The number of nitrogens with zero attached hydrogens (tertiary/aromatic N) is 1. The third-order valence-corrected chi connectivity index (χ3v) is 4.17. The lowest BCUT2D eigenvalue weighted by atomic mass is 10.2. The van der Waals surface area contributed by atoms with Crippen LogP contribution in [-0.2, 0) is 6.54 Å². The number of anilines is 1. The number of para-hydroxylation sites is 2. The van der Waals surface area contributed by atoms with E-state index in [0.29, 0.717) is 12.3 Å². The fourth-order valence-electron chi connectivity index (χ4n) is 2.41. The van der Waals surface area contributed by atoms with E-state index in [1.54, 1.807) is 0 Å². The Hall–Kier alpha value is -1.94. The van der Waals surface area contributed by atoms with Crippen molar-refractivity contribution in [2.24, 2.45) is 0 Å². The number of nitrogens with two attached hydrogens (primary N) is 1. The summed E-state index contributed by atoms with van der Waals surface area (Å²) in [7, 11) is 0. The Bertz CT molecular complexity index is 751. The minimum absolute atomic E-state index is 0.655. The van der Waals surface area contributed by atoms with Gasteiger partial charge in [-0.3, -0.25) is 0 Å². The Morgan fingerprint density at radius 3 is 2.76 bits per heavy atom. The van der Waals surface area contributed by atoms with Crippen LogP contribution in [0.5, 0.6) is 5.75 Å². The van der Waals surface area contributed by atoms with Gasteiger partial charge in [0.25, 0.3) is 0 Å². The highest BCUT2D eigenvalue weighted by Crippen LogP contribution is 2.25. The van der Waals surface area contributed by atoms with E-state index in [1.165, 1.54) is 10.9 Å². The molecule has 0 fully saturated rings. The molecular formula is C17H17BrN2O. The molecule has 0 aliphatic rings. The standard InChI is InChI=1S/C17H17BrN2O/c18-14-5-3-7-16-13(14)9-11-20(16)10-4-12-21-17-8-2-1-6-15(17)19/h1-3,5-9,11H,4,10,12,19H2. The van der Waals surface area contributed by atoms with E-state index < -0.39 is 0 Å². The van der Waals surface area contributed by atoms with Gasteiger partial charge in [0.15, 0.2) is 0 Å². The number of aryl methyl sites for hydroxylation is 1. The maximum absolute atomic E-state index is 5.85. The van der Waals surface area contributed by atoms with Crippen molar-refractivity contribution in [1.82, 2.24) is 4.57 Å². The van der Waals surface area contributed by atoms with Gasteiger partial charge < -0.3 is 15.0 Å². The van der Waals surface area contributed by atoms with Gasteiger partial charge >= 0.3 is 0 Å². The molecule has 0 radical (unpaired) electrons. The van der Waals surface area contributed by atoms with Crippen LogP contribution in [0, 0.1) is 0 Å². The maximum atomic E-state index is 5.85. The molecular weight excluding hydrogens is 328 g/mol. The molecule has 108 valence electrons. The highest BCUT2D eigenvalue weighted by atomic mass is 79.9. The van der Waals surface area contributed by atoms with Crippen molar-refractivity contribution in [1.29, 1.82) is 0 Å². The number of rotatable bonds is 5. The van der Waals surface area contributed by atoms with Gasteiger partial charge in [0.05, 0.1) is 12.3 Å². The number of hydrogen-bond donors (Lipinski definition) is 1. The average Bonchev–Trinajstić information content (AvgIpc) is 2.90. The molecule has 1 heterocycles. The van der Waals surface area contributed by atoms with Crippen molar-refractivity contribution in [3.05, 3.63) is 59.2 Å². The Morgan fingerprint density at radius 2 is 1.90 bits per heavy atom. The molecule has 0 saturated carbocycles. The predicted octanol–water partition coefficient (Wildman–Crippen LogP) is 4.46. The van der Waals surface area contributed by atoms with Gasteiger partial charge in [-0.05, 0) is 36.8 Å². The van der Waals surface area contributed by atoms with Gasteiger partial charge in [0, 0.05) is 28.1 Å². The summed E-state index contributed by atoms with van der Waals surface area (Å²) in [6.45, 7) is 1.58. The van der Waals surface area contributed by atoms with E-state index in [9.17, 15) is 0 Å². The normalized spacial score (nSPS) is 10.9. The summed E-state index contributed by atoms with van der Waals surface area (Å²) < 4.78 is 9.10. The maximum Gasteiger partial charge on any atom is 0.142 e. The molecule has 0 amide bonds. The SMILES string of the molecule is Nc1ccccc1OCCCn1ccc2c(Br)cccc21. The fourth-order valence-corrected chi connectivity index (χ4v) is 2.90.